The van der Waals surface area contributed by atoms with Crippen molar-refractivity contribution in [3.8, 4) is 0 Å². The molecule has 3 aromatic rings. The second kappa shape index (κ2) is 10.1. The molecule has 31 heavy (non-hydrogen) atoms. The highest BCUT2D eigenvalue weighted by molar-refractivity contribution is 5.93. The molecular formula is C28H34N2O. The molecule has 0 unspecified atom stereocenters. The quantitative estimate of drug-likeness (QED) is 0.474. The third kappa shape index (κ3) is 5.55. The summed E-state index contributed by atoms with van der Waals surface area (Å²) >= 11 is 0. The Morgan fingerprint density at radius 1 is 0.968 bits per heavy atom. The van der Waals surface area contributed by atoms with Crippen LogP contribution in [0.2, 0.25) is 0 Å². The Bertz CT molecular complexity index is 1010. The molecule has 3 heteroatoms. The molecule has 1 fully saturated rings. The van der Waals surface area contributed by atoms with Gasteiger partial charge in [0.05, 0.1) is 13.2 Å². The number of benzene rings is 3. The summed E-state index contributed by atoms with van der Waals surface area (Å²) in [6.07, 6.45) is 1.12. The number of hydrogen-bond acceptors (Lipinski definition) is 3. The van der Waals surface area contributed by atoms with Gasteiger partial charge in [0.15, 0.2) is 0 Å². The minimum Gasteiger partial charge on any atom is -0.379 e. The van der Waals surface area contributed by atoms with Gasteiger partial charge in [0.2, 0.25) is 0 Å². The summed E-state index contributed by atoms with van der Waals surface area (Å²) in [6, 6.07) is 22.0. The van der Waals surface area contributed by atoms with E-state index in [1.54, 1.807) is 0 Å². The van der Waals surface area contributed by atoms with Crippen LogP contribution >= 0.6 is 0 Å². The highest BCUT2D eigenvalue weighted by Gasteiger charge is 2.15. The average Bonchev–Trinajstić information content (AvgIpc) is 2.77. The predicted octanol–water partition coefficient (Wildman–Crippen LogP) is 5.65. The van der Waals surface area contributed by atoms with E-state index in [0.29, 0.717) is 0 Å². The van der Waals surface area contributed by atoms with E-state index >= 15 is 0 Å². The Labute approximate surface area is 186 Å². The molecule has 0 N–H and O–H groups in total. The van der Waals surface area contributed by atoms with Crippen molar-refractivity contribution in [1.29, 1.82) is 0 Å². The van der Waals surface area contributed by atoms with E-state index < -0.39 is 0 Å². The normalized spacial score (nSPS) is 14.6. The number of aryl methyl sites for hydroxylation is 2. The molecule has 0 aliphatic carbocycles. The fourth-order valence-electron chi connectivity index (χ4n) is 4.65. The molecule has 0 spiro atoms. The number of hydrogen-bond donors (Lipinski definition) is 0. The fraction of sp³-hybridized carbons (Fsp3) is 0.357. The highest BCUT2D eigenvalue weighted by Crippen LogP contribution is 2.28. The van der Waals surface area contributed by atoms with Gasteiger partial charge in [0.25, 0.3) is 0 Å². The first kappa shape index (κ1) is 21.6. The minimum atomic E-state index is 0.856. The van der Waals surface area contributed by atoms with E-state index in [9.17, 15) is 0 Å². The zero-order chi connectivity index (χ0) is 21.6. The Morgan fingerprint density at radius 2 is 1.68 bits per heavy atom. The molecular weight excluding hydrogens is 380 g/mol. The van der Waals surface area contributed by atoms with Crippen molar-refractivity contribution in [3.63, 3.8) is 0 Å². The van der Waals surface area contributed by atoms with Crippen molar-refractivity contribution in [3.05, 3.63) is 89.5 Å². The summed E-state index contributed by atoms with van der Waals surface area (Å²) in [5.41, 5.74) is 6.33. The first-order valence-electron chi connectivity index (χ1n) is 11.4. The zero-order valence-corrected chi connectivity index (χ0v) is 18.9. The lowest BCUT2D eigenvalue weighted by atomic mass is 10.0. The molecule has 1 heterocycles. The topological polar surface area (TPSA) is 15.7 Å². The molecule has 0 saturated carbocycles. The largest absolute Gasteiger partial charge is 0.379 e. The van der Waals surface area contributed by atoms with Crippen LogP contribution in [0.25, 0.3) is 16.5 Å². The molecule has 3 aromatic carbocycles. The molecule has 3 nitrogen and oxygen atoms in total. The fourth-order valence-corrected chi connectivity index (χ4v) is 4.65. The van der Waals surface area contributed by atoms with Crippen molar-refractivity contribution in [2.45, 2.75) is 26.8 Å². The maximum Gasteiger partial charge on any atom is 0.0594 e. The Balaban J connectivity index is 1.56. The SMILES string of the molecule is C=C(c1cccc2ccccc12)N(CCCN1CCOCC1)Cc1cc(C)cc(C)c1. The third-order valence-electron chi connectivity index (χ3n) is 6.14. The van der Waals surface area contributed by atoms with E-state index in [-0.39, 0.29) is 0 Å². The highest BCUT2D eigenvalue weighted by atomic mass is 16.5. The van der Waals surface area contributed by atoms with E-state index in [2.05, 4.69) is 90.9 Å². The first-order valence-corrected chi connectivity index (χ1v) is 11.4. The summed E-state index contributed by atoms with van der Waals surface area (Å²) in [6.45, 7) is 15.7. The standard InChI is InChI=1S/C28H34N2O/c1-22-18-23(2)20-25(19-22)21-30(13-7-12-29-14-16-31-17-15-29)24(3)27-11-6-9-26-8-4-5-10-28(26)27/h4-6,8-11,18-20H,3,7,12-17,21H2,1-2H3. The molecule has 0 radical (unpaired) electrons. The van der Waals surface area contributed by atoms with Crippen LogP contribution in [0, 0.1) is 13.8 Å². The van der Waals surface area contributed by atoms with E-state index in [0.717, 1.165) is 58.1 Å². The van der Waals surface area contributed by atoms with Gasteiger partial charge < -0.3 is 9.64 Å². The lowest BCUT2D eigenvalue weighted by Gasteiger charge is -2.31. The van der Waals surface area contributed by atoms with Gasteiger partial charge >= 0.3 is 0 Å². The van der Waals surface area contributed by atoms with Crippen LogP contribution in [0.15, 0.2) is 67.2 Å². The number of rotatable bonds is 8. The van der Waals surface area contributed by atoms with Crippen LogP contribution in [-0.4, -0.2) is 49.2 Å². The second-order valence-electron chi connectivity index (χ2n) is 8.70. The van der Waals surface area contributed by atoms with Crippen LogP contribution in [0.3, 0.4) is 0 Å². The van der Waals surface area contributed by atoms with Gasteiger partial charge in [-0.05, 0) is 36.6 Å². The molecule has 0 aromatic heterocycles. The van der Waals surface area contributed by atoms with Gasteiger partial charge in [-0.3, -0.25) is 4.90 Å². The summed E-state index contributed by atoms with van der Waals surface area (Å²) in [7, 11) is 0. The average molecular weight is 415 g/mol. The van der Waals surface area contributed by atoms with Crippen LogP contribution in [0.5, 0.6) is 0 Å². The van der Waals surface area contributed by atoms with Crippen molar-refractivity contribution in [2.75, 3.05) is 39.4 Å². The van der Waals surface area contributed by atoms with Crippen LogP contribution in [0.4, 0.5) is 0 Å². The third-order valence-corrected chi connectivity index (χ3v) is 6.14. The number of morpholine rings is 1. The Hall–Kier alpha value is -2.62. The summed E-state index contributed by atoms with van der Waals surface area (Å²) in [5, 5.41) is 2.54. The van der Waals surface area contributed by atoms with Gasteiger partial charge in [-0.25, -0.2) is 0 Å². The molecule has 1 aliphatic rings. The Kier molecular flexibility index (Phi) is 7.06. The van der Waals surface area contributed by atoms with Crippen molar-refractivity contribution in [2.24, 2.45) is 0 Å². The van der Waals surface area contributed by atoms with Crippen LogP contribution in [-0.2, 0) is 11.3 Å². The van der Waals surface area contributed by atoms with Gasteiger partial charge in [-0.1, -0.05) is 78.4 Å². The molecule has 0 bridgehead atoms. The number of nitrogens with zero attached hydrogens (tertiary/aromatic N) is 2. The summed E-state index contributed by atoms with van der Waals surface area (Å²) in [5.74, 6) is 0. The minimum absolute atomic E-state index is 0.856. The van der Waals surface area contributed by atoms with Crippen molar-refractivity contribution >= 4 is 16.5 Å². The zero-order valence-electron chi connectivity index (χ0n) is 18.9. The lowest BCUT2D eigenvalue weighted by Crippen LogP contribution is -2.38. The maximum atomic E-state index is 5.50. The van der Waals surface area contributed by atoms with Gasteiger partial charge in [0.1, 0.15) is 0 Å². The van der Waals surface area contributed by atoms with Crippen molar-refractivity contribution in [1.82, 2.24) is 9.80 Å². The molecule has 0 atom stereocenters. The van der Waals surface area contributed by atoms with E-state index in [4.69, 9.17) is 4.74 Å². The maximum absolute atomic E-state index is 5.50. The van der Waals surface area contributed by atoms with Crippen molar-refractivity contribution < 1.29 is 4.74 Å². The second-order valence-corrected chi connectivity index (χ2v) is 8.70. The number of ether oxygens (including phenoxy) is 1. The number of fused-ring (bicyclic) bond motifs is 1. The molecule has 0 amide bonds. The monoisotopic (exact) mass is 414 g/mol. The van der Waals surface area contributed by atoms with E-state index in [1.165, 1.54) is 33.0 Å². The van der Waals surface area contributed by atoms with Gasteiger partial charge in [0, 0.05) is 44.0 Å². The van der Waals surface area contributed by atoms with Gasteiger partial charge in [-0.2, -0.15) is 0 Å². The molecule has 162 valence electrons. The molecule has 1 aliphatic heterocycles. The van der Waals surface area contributed by atoms with Gasteiger partial charge in [-0.15, -0.1) is 0 Å². The van der Waals surface area contributed by atoms with Crippen LogP contribution < -0.4 is 0 Å². The smallest absolute Gasteiger partial charge is 0.0594 e. The molecule has 4 rings (SSSR count). The van der Waals surface area contributed by atoms with Crippen LogP contribution in [0.1, 0.15) is 28.7 Å². The Morgan fingerprint density at radius 3 is 2.45 bits per heavy atom. The van der Waals surface area contributed by atoms with E-state index in [1.807, 2.05) is 0 Å². The lowest BCUT2D eigenvalue weighted by molar-refractivity contribution is 0.0366. The first-order chi connectivity index (χ1) is 15.1. The summed E-state index contributed by atoms with van der Waals surface area (Å²) in [4.78, 5) is 4.98. The summed E-state index contributed by atoms with van der Waals surface area (Å²) < 4.78 is 5.50. The predicted molar refractivity (Wildman–Crippen MR) is 131 cm³/mol. The molecule has 1 saturated heterocycles.